The number of nitrogen functional groups attached to an aromatic ring is 1. The smallest absolute Gasteiger partial charge is 0.255 e. The van der Waals surface area contributed by atoms with Crippen LogP contribution in [0.4, 0.5) is 5.69 Å². The first-order valence-electron chi connectivity index (χ1n) is 5.42. The molecule has 1 amide bonds. The van der Waals surface area contributed by atoms with E-state index in [1.807, 2.05) is 5.38 Å². The second-order valence-corrected chi connectivity index (χ2v) is 4.65. The number of phenolic OH excluding ortho intramolecular Hbond substituents is 1. The molecule has 1 heterocycles. The SMILES string of the molecule is Nc1cccc(C(=O)NCCc2nccs2)c1O. The fraction of sp³-hybridized carbons (Fsp3) is 0.167. The molecule has 4 N–H and O–H groups in total. The van der Waals surface area contributed by atoms with Gasteiger partial charge in [-0.25, -0.2) is 4.98 Å². The van der Waals surface area contributed by atoms with Crippen LogP contribution in [0.25, 0.3) is 0 Å². The van der Waals surface area contributed by atoms with Crippen molar-refractivity contribution in [3.63, 3.8) is 0 Å². The summed E-state index contributed by atoms with van der Waals surface area (Å²) in [4.78, 5) is 15.9. The largest absolute Gasteiger partial charge is 0.505 e. The fourth-order valence-electron chi connectivity index (χ4n) is 1.50. The van der Waals surface area contributed by atoms with Crippen molar-refractivity contribution in [3.05, 3.63) is 40.3 Å². The van der Waals surface area contributed by atoms with Crippen molar-refractivity contribution in [2.24, 2.45) is 0 Å². The number of nitrogens with two attached hydrogens (primary N) is 1. The molecule has 0 bridgehead atoms. The van der Waals surface area contributed by atoms with Crippen molar-refractivity contribution in [1.29, 1.82) is 0 Å². The van der Waals surface area contributed by atoms with Crippen LogP contribution < -0.4 is 11.1 Å². The molecule has 0 radical (unpaired) electrons. The number of carbonyl (C=O) groups excluding carboxylic acids is 1. The van der Waals surface area contributed by atoms with Crippen molar-refractivity contribution >= 4 is 22.9 Å². The number of hydrogen-bond acceptors (Lipinski definition) is 5. The second kappa shape index (κ2) is 5.50. The van der Waals surface area contributed by atoms with Gasteiger partial charge in [-0.1, -0.05) is 6.07 Å². The Morgan fingerprint density at radius 1 is 1.50 bits per heavy atom. The summed E-state index contributed by atoms with van der Waals surface area (Å²) < 4.78 is 0. The number of anilines is 1. The van der Waals surface area contributed by atoms with Crippen LogP contribution >= 0.6 is 11.3 Å². The van der Waals surface area contributed by atoms with Gasteiger partial charge in [-0.05, 0) is 12.1 Å². The van der Waals surface area contributed by atoms with E-state index in [2.05, 4.69) is 10.3 Å². The minimum atomic E-state index is -0.337. The number of phenols is 1. The van der Waals surface area contributed by atoms with Crippen LogP contribution in [-0.4, -0.2) is 22.5 Å². The van der Waals surface area contributed by atoms with Gasteiger partial charge in [0.2, 0.25) is 0 Å². The van der Waals surface area contributed by atoms with E-state index in [9.17, 15) is 9.90 Å². The Labute approximate surface area is 108 Å². The number of nitrogens with zero attached hydrogens (tertiary/aromatic N) is 1. The highest BCUT2D eigenvalue weighted by molar-refractivity contribution is 7.09. The summed E-state index contributed by atoms with van der Waals surface area (Å²) in [6.45, 7) is 0.473. The van der Waals surface area contributed by atoms with Gasteiger partial charge in [0.1, 0.15) is 0 Å². The fourth-order valence-corrected chi connectivity index (χ4v) is 2.12. The van der Waals surface area contributed by atoms with Crippen LogP contribution in [0.1, 0.15) is 15.4 Å². The maximum atomic E-state index is 11.8. The normalized spacial score (nSPS) is 10.2. The molecule has 0 spiro atoms. The number of carbonyl (C=O) groups is 1. The molecule has 0 unspecified atom stereocenters. The number of hydrogen-bond donors (Lipinski definition) is 3. The van der Waals surface area contributed by atoms with Crippen LogP contribution in [0, 0.1) is 0 Å². The first kappa shape index (κ1) is 12.4. The Morgan fingerprint density at radius 3 is 3.06 bits per heavy atom. The third-order valence-electron chi connectivity index (χ3n) is 2.42. The summed E-state index contributed by atoms with van der Waals surface area (Å²) in [6, 6.07) is 4.71. The van der Waals surface area contributed by atoms with Crippen LogP contribution in [0.2, 0.25) is 0 Å². The summed E-state index contributed by atoms with van der Waals surface area (Å²) in [5.74, 6) is -0.513. The first-order chi connectivity index (χ1) is 8.68. The van der Waals surface area contributed by atoms with Crippen LogP contribution in [0.15, 0.2) is 29.8 Å². The summed E-state index contributed by atoms with van der Waals surface area (Å²) in [6.07, 6.45) is 2.40. The van der Waals surface area contributed by atoms with E-state index < -0.39 is 0 Å². The van der Waals surface area contributed by atoms with Gasteiger partial charge in [0.25, 0.3) is 5.91 Å². The quantitative estimate of drug-likeness (QED) is 0.574. The van der Waals surface area contributed by atoms with E-state index in [4.69, 9.17) is 5.73 Å². The Bertz CT molecular complexity index is 540. The zero-order valence-corrected chi connectivity index (χ0v) is 10.4. The molecular weight excluding hydrogens is 250 g/mol. The molecular formula is C12H13N3O2S. The van der Waals surface area contributed by atoms with E-state index >= 15 is 0 Å². The number of thiazole rings is 1. The molecule has 1 aromatic carbocycles. The Hall–Kier alpha value is -2.08. The average molecular weight is 263 g/mol. The van der Waals surface area contributed by atoms with Crippen molar-refractivity contribution in [2.75, 3.05) is 12.3 Å². The highest BCUT2D eigenvalue weighted by atomic mass is 32.1. The zero-order valence-electron chi connectivity index (χ0n) is 9.59. The number of amides is 1. The number of aromatic hydroxyl groups is 1. The van der Waals surface area contributed by atoms with Crippen molar-refractivity contribution in [3.8, 4) is 5.75 Å². The molecule has 0 aliphatic carbocycles. The average Bonchev–Trinajstić information content (AvgIpc) is 2.85. The summed E-state index contributed by atoms with van der Waals surface area (Å²) in [5, 5.41) is 15.2. The number of para-hydroxylation sites is 1. The summed E-state index contributed by atoms with van der Waals surface area (Å²) >= 11 is 1.54. The second-order valence-electron chi connectivity index (χ2n) is 3.68. The van der Waals surface area contributed by atoms with E-state index in [1.165, 1.54) is 6.07 Å². The Kier molecular flexibility index (Phi) is 3.78. The molecule has 0 saturated carbocycles. The molecule has 0 fully saturated rings. The van der Waals surface area contributed by atoms with Gasteiger partial charge in [0.15, 0.2) is 5.75 Å². The van der Waals surface area contributed by atoms with Crippen LogP contribution in [-0.2, 0) is 6.42 Å². The van der Waals surface area contributed by atoms with Crippen molar-refractivity contribution < 1.29 is 9.90 Å². The van der Waals surface area contributed by atoms with E-state index in [0.29, 0.717) is 13.0 Å². The minimum Gasteiger partial charge on any atom is -0.505 e. The van der Waals surface area contributed by atoms with Crippen LogP contribution in [0.3, 0.4) is 0 Å². The van der Waals surface area contributed by atoms with Crippen molar-refractivity contribution in [2.45, 2.75) is 6.42 Å². The van der Waals surface area contributed by atoms with Gasteiger partial charge in [-0.15, -0.1) is 11.3 Å². The van der Waals surface area contributed by atoms with Gasteiger partial charge in [0, 0.05) is 24.5 Å². The molecule has 0 atom stereocenters. The van der Waals surface area contributed by atoms with E-state index in [1.54, 1.807) is 29.7 Å². The Balaban J connectivity index is 1.93. The third-order valence-corrected chi connectivity index (χ3v) is 3.26. The molecule has 0 aliphatic heterocycles. The number of benzene rings is 1. The summed E-state index contributed by atoms with van der Waals surface area (Å²) in [7, 11) is 0. The maximum Gasteiger partial charge on any atom is 0.255 e. The molecule has 6 heteroatoms. The lowest BCUT2D eigenvalue weighted by Gasteiger charge is -2.07. The maximum absolute atomic E-state index is 11.8. The molecule has 2 aromatic rings. The standard InChI is InChI=1S/C12H13N3O2S/c13-9-3-1-2-8(11(9)16)12(17)15-5-4-10-14-6-7-18-10/h1-3,6-7,16H,4-5,13H2,(H,15,17). The molecule has 0 aliphatic rings. The monoisotopic (exact) mass is 263 g/mol. The molecule has 5 nitrogen and oxygen atoms in total. The van der Waals surface area contributed by atoms with Gasteiger partial charge in [-0.3, -0.25) is 4.79 Å². The Morgan fingerprint density at radius 2 is 2.33 bits per heavy atom. The lowest BCUT2D eigenvalue weighted by molar-refractivity contribution is 0.0951. The highest BCUT2D eigenvalue weighted by Crippen LogP contribution is 2.23. The number of rotatable bonds is 4. The molecule has 94 valence electrons. The van der Waals surface area contributed by atoms with Crippen LogP contribution in [0.5, 0.6) is 5.75 Å². The van der Waals surface area contributed by atoms with E-state index in [0.717, 1.165) is 5.01 Å². The molecule has 0 saturated heterocycles. The lowest BCUT2D eigenvalue weighted by atomic mass is 10.1. The zero-order chi connectivity index (χ0) is 13.0. The molecule has 1 aromatic heterocycles. The number of nitrogens with one attached hydrogen (secondary N) is 1. The molecule has 2 rings (SSSR count). The predicted molar refractivity (Wildman–Crippen MR) is 70.7 cm³/mol. The summed E-state index contributed by atoms with van der Waals surface area (Å²) in [5.41, 5.74) is 5.91. The van der Waals surface area contributed by atoms with Crippen molar-refractivity contribution in [1.82, 2.24) is 10.3 Å². The predicted octanol–water partition coefficient (Wildman–Crippen LogP) is 1.40. The third kappa shape index (κ3) is 2.78. The minimum absolute atomic E-state index is 0.177. The number of aromatic nitrogens is 1. The van der Waals surface area contributed by atoms with Gasteiger partial charge in [-0.2, -0.15) is 0 Å². The van der Waals surface area contributed by atoms with Gasteiger partial charge in [0.05, 0.1) is 16.3 Å². The van der Waals surface area contributed by atoms with Gasteiger partial charge < -0.3 is 16.2 Å². The van der Waals surface area contributed by atoms with Gasteiger partial charge >= 0.3 is 0 Å². The lowest BCUT2D eigenvalue weighted by Crippen LogP contribution is -2.25. The highest BCUT2D eigenvalue weighted by Gasteiger charge is 2.12. The van der Waals surface area contributed by atoms with E-state index in [-0.39, 0.29) is 22.9 Å². The topological polar surface area (TPSA) is 88.2 Å². The first-order valence-corrected chi connectivity index (χ1v) is 6.30. The molecule has 18 heavy (non-hydrogen) atoms.